The van der Waals surface area contributed by atoms with Crippen molar-refractivity contribution in [3.8, 4) is 11.5 Å². The molecule has 2 aromatic carbocycles. The van der Waals surface area contributed by atoms with Crippen molar-refractivity contribution in [3.05, 3.63) is 63.7 Å². The number of amides is 1. The van der Waals surface area contributed by atoms with Gasteiger partial charge in [0.1, 0.15) is 5.75 Å². The number of ether oxygens (including phenoxy) is 1. The first-order chi connectivity index (χ1) is 11.5. The van der Waals surface area contributed by atoms with Crippen molar-refractivity contribution in [1.29, 1.82) is 0 Å². The van der Waals surface area contributed by atoms with Gasteiger partial charge in [0.25, 0.3) is 5.91 Å². The molecule has 0 bridgehead atoms. The van der Waals surface area contributed by atoms with E-state index in [1.165, 1.54) is 6.07 Å². The fourth-order valence-corrected chi connectivity index (χ4v) is 2.74. The van der Waals surface area contributed by atoms with Crippen molar-refractivity contribution < 1.29 is 19.6 Å². The van der Waals surface area contributed by atoms with Crippen LogP contribution >= 0.6 is 0 Å². The molecule has 1 aliphatic carbocycles. The number of carbonyl (C=O) groups excluding carboxylic acids is 1. The number of phenols is 1. The van der Waals surface area contributed by atoms with E-state index in [-0.39, 0.29) is 23.4 Å². The summed E-state index contributed by atoms with van der Waals surface area (Å²) in [7, 11) is 1.61. The largest absolute Gasteiger partial charge is 0.502 e. The maximum absolute atomic E-state index is 12.2. The van der Waals surface area contributed by atoms with Crippen LogP contribution in [-0.2, 0) is 0 Å². The summed E-state index contributed by atoms with van der Waals surface area (Å²) in [4.78, 5) is 22.2. The van der Waals surface area contributed by atoms with Gasteiger partial charge in [-0.25, -0.2) is 0 Å². The molecule has 24 heavy (non-hydrogen) atoms. The predicted octanol–water partition coefficient (Wildman–Crippen LogP) is 2.59. The quantitative estimate of drug-likeness (QED) is 0.649. The average molecular weight is 328 g/mol. The summed E-state index contributed by atoms with van der Waals surface area (Å²) in [5.74, 6) is 0.0660. The van der Waals surface area contributed by atoms with Gasteiger partial charge in [-0.2, -0.15) is 0 Å². The Morgan fingerprint density at radius 1 is 1.33 bits per heavy atom. The van der Waals surface area contributed by atoms with E-state index in [0.29, 0.717) is 0 Å². The molecule has 2 N–H and O–H groups in total. The summed E-state index contributed by atoms with van der Waals surface area (Å²) >= 11 is 0. The summed E-state index contributed by atoms with van der Waals surface area (Å²) in [6.07, 6.45) is 0.797. The van der Waals surface area contributed by atoms with Crippen LogP contribution in [0.1, 0.15) is 28.3 Å². The van der Waals surface area contributed by atoms with Crippen molar-refractivity contribution in [3.63, 3.8) is 0 Å². The Kier molecular flexibility index (Phi) is 4.07. The second kappa shape index (κ2) is 6.19. The van der Waals surface area contributed by atoms with Crippen molar-refractivity contribution in [2.45, 2.75) is 18.4 Å². The van der Waals surface area contributed by atoms with Crippen LogP contribution in [0, 0.1) is 10.1 Å². The third kappa shape index (κ3) is 3.01. The van der Waals surface area contributed by atoms with Crippen LogP contribution in [0.15, 0.2) is 42.5 Å². The zero-order valence-electron chi connectivity index (χ0n) is 12.9. The van der Waals surface area contributed by atoms with Crippen molar-refractivity contribution in [1.82, 2.24) is 5.32 Å². The van der Waals surface area contributed by atoms with Crippen LogP contribution in [0.25, 0.3) is 0 Å². The first kappa shape index (κ1) is 15.8. The number of rotatable bonds is 5. The van der Waals surface area contributed by atoms with Gasteiger partial charge in [-0.15, -0.1) is 0 Å². The molecule has 0 heterocycles. The highest BCUT2D eigenvalue weighted by Gasteiger charge is 2.41. The standard InChI is InChI=1S/C17H16N2O5/c1-24-16-5-3-2-4-11(16)12-9-13(12)18-17(21)10-6-7-14(19(22)23)15(20)8-10/h2-8,12-13,20H,9H2,1H3,(H,18,21)/t12-,13+/m0/s1. The number of benzene rings is 2. The molecule has 0 aliphatic heterocycles. The number of nitro groups is 1. The van der Waals surface area contributed by atoms with E-state index in [4.69, 9.17) is 4.74 Å². The van der Waals surface area contributed by atoms with Crippen LogP contribution in [0.5, 0.6) is 11.5 Å². The first-order valence-corrected chi connectivity index (χ1v) is 7.42. The third-order valence-electron chi connectivity index (χ3n) is 4.08. The predicted molar refractivity (Wildman–Crippen MR) is 86.4 cm³/mol. The Hall–Kier alpha value is -3.09. The average Bonchev–Trinajstić information content (AvgIpc) is 3.33. The molecule has 124 valence electrons. The van der Waals surface area contributed by atoms with Crippen molar-refractivity contribution in [2.24, 2.45) is 0 Å². The van der Waals surface area contributed by atoms with Gasteiger partial charge < -0.3 is 15.2 Å². The van der Waals surface area contributed by atoms with E-state index >= 15 is 0 Å². The fraction of sp³-hybridized carbons (Fsp3) is 0.235. The number of hydrogen-bond acceptors (Lipinski definition) is 5. The van der Waals surface area contributed by atoms with Crippen LogP contribution in [-0.4, -0.2) is 29.1 Å². The maximum atomic E-state index is 12.2. The van der Waals surface area contributed by atoms with Crippen molar-refractivity contribution in [2.75, 3.05) is 7.11 Å². The zero-order chi connectivity index (χ0) is 17.3. The number of phenolic OH excluding ortho intramolecular Hbond substituents is 1. The minimum absolute atomic E-state index is 0.0221. The topological polar surface area (TPSA) is 102 Å². The summed E-state index contributed by atoms with van der Waals surface area (Å²) < 4.78 is 5.33. The monoisotopic (exact) mass is 328 g/mol. The summed E-state index contributed by atoms with van der Waals surface area (Å²) in [5, 5.41) is 23.2. The summed E-state index contributed by atoms with van der Waals surface area (Å²) in [6, 6.07) is 11.2. The molecule has 0 unspecified atom stereocenters. The van der Waals surface area contributed by atoms with Gasteiger partial charge in [0.2, 0.25) is 0 Å². The number of para-hydroxylation sites is 1. The Labute approximate surface area is 138 Å². The van der Waals surface area contributed by atoms with Crippen LogP contribution in [0.2, 0.25) is 0 Å². The molecule has 0 aromatic heterocycles. The normalized spacial score (nSPS) is 18.7. The molecule has 1 saturated carbocycles. The number of aromatic hydroxyl groups is 1. The molecule has 7 heteroatoms. The number of nitrogens with zero attached hydrogens (tertiary/aromatic N) is 1. The van der Waals surface area contributed by atoms with Crippen LogP contribution in [0.4, 0.5) is 5.69 Å². The Morgan fingerprint density at radius 2 is 2.08 bits per heavy atom. The lowest BCUT2D eigenvalue weighted by Crippen LogP contribution is -2.26. The smallest absolute Gasteiger partial charge is 0.310 e. The fourth-order valence-electron chi connectivity index (χ4n) is 2.74. The highest BCUT2D eigenvalue weighted by molar-refractivity contribution is 5.95. The number of carbonyl (C=O) groups is 1. The second-order valence-electron chi connectivity index (χ2n) is 5.62. The molecule has 3 rings (SSSR count). The van der Waals surface area contributed by atoms with Gasteiger partial charge in [0, 0.05) is 23.6 Å². The van der Waals surface area contributed by atoms with Crippen molar-refractivity contribution >= 4 is 11.6 Å². The lowest BCUT2D eigenvalue weighted by molar-refractivity contribution is -0.385. The molecule has 1 aliphatic rings. The highest BCUT2D eigenvalue weighted by atomic mass is 16.6. The van der Waals surface area contributed by atoms with Gasteiger partial charge >= 0.3 is 5.69 Å². The zero-order valence-corrected chi connectivity index (χ0v) is 12.9. The molecule has 2 atom stereocenters. The van der Waals surface area contributed by atoms with E-state index in [9.17, 15) is 20.0 Å². The molecule has 7 nitrogen and oxygen atoms in total. The van der Waals surface area contributed by atoms with E-state index in [1.807, 2.05) is 24.3 Å². The molecule has 0 saturated heterocycles. The summed E-state index contributed by atoms with van der Waals surface area (Å²) in [6.45, 7) is 0. The van der Waals surface area contributed by atoms with Crippen LogP contribution < -0.4 is 10.1 Å². The molecule has 1 amide bonds. The first-order valence-electron chi connectivity index (χ1n) is 7.42. The number of nitro benzene ring substituents is 1. The van der Waals surface area contributed by atoms with Gasteiger partial charge in [0.15, 0.2) is 5.75 Å². The Bertz CT molecular complexity index is 805. The highest BCUT2D eigenvalue weighted by Crippen LogP contribution is 2.44. The van der Waals surface area contributed by atoms with Crippen LogP contribution in [0.3, 0.4) is 0 Å². The lowest BCUT2D eigenvalue weighted by Gasteiger charge is -2.09. The van der Waals surface area contributed by atoms with E-state index < -0.39 is 16.4 Å². The molecular formula is C17H16N2O5. The lowest BCUT2D eigenvalue weighted by atomic mass is 10.1. The molecule has 1 fully saturated rings. The molecular weight excluding hydrogens is 312 g/mol. The number of nitrogens with one attached hydrogen (secondary N) is 1. The minimum atomic E-state index is -0.699. The third-order valence-corrected chi connectivity index (χ3v) is 4.08. The number of methoxy groups -OCH3 is 1. The molecule has 2 aromatic rings. The molecule has 0 radical (unpaired) electrons. The van der Waals surface area contributed by atoms with E-state index in [2.05, 4.69) is 5.32 Å². The summed E-state index contributed by atoms with van der Waals surface area (Å²) in [5.41, 5.74) is 0.797. The number of hydrogen-bond donors (Lipinski definition) is 2. The maximum Gasteiger partial charge on any atom is 0.310 e. The van der Waals surface area contributed by atoms with E-state index in [1.54, 1.807) is 7.11 Å². The van der Waals surface area contributed by atoms with Gasteiger partial charge in [-0.3, -0.25) is 14.9 Å². The van der Waals surface area contributed by atoms with Gasteiger partial charge in [0.05, 0.1) is 12.0 Å². The Morgan fingerprint density at radius 3 is 2.75 bits per heavy atom. The van der Waals surface area contributed by atoms with Gasteiger partial charge in [-0.05, 0) is 30.2 Å². The van der Waals surface area contributed by atoms with Gasteiger partial charge in [-0.1, -0.05) is 18.2 Å². The minimum Gasteiger partial charge on any atom is -0.502 e. The Balaban J connectivity index is 1.69. The molecule has 0 spiro atoms. The van der Waals surface area contributed by atoms with E-state index in [0.717, 1.165) is 29.9 Å². The second-order valence-corrected chi connectivity index (χ2v) is 5.62. The SMILES string of the molecule is COc1ccccc1[C@@H]1C[C@H]1NC(=O)c1ccc([N+](=O)[O-])c(O)c1.